The molecule has 0 aliphatic carbocycles. The number of hydrogen-bond donors (Lipinski definition) is 0. The lowest BCUT2D eigenvalue weighted by atomic mass is 10.1. The minimum atomic E-state index is 1.04. The predicted molar refractivity (Wildman–Crippen MR) is 64.2 cm³/mol. The van der Waals surface area contributed by atoms with Crippen LogP contribution in [0.4, 0.5) is 0 Å². The maximum absolute atomic E-state index is 5.16. The molecule has 2 heteroatoms. The Morgan fingerprint density at radius 3 is 2.56 bits per heavy atom. The average molecular weight is 209 g/mol. The van der Waals surface area contributed by atoms with Gasteiger partial charge in [-0.15, -0.1) is 0 Å². The van der Waals surface area contributed by atoms with Crippen molar-refractivity contribution in [3.63, 3.8) is 0 Å². The van der Waals surface area contributed by atoms with E-state index < -0.39 is 0 Å². The summed E-state index contributed by atoms with van der Waals surface area (Å²) in [6, 6.07) is 10.4. The van der Waals surface area contributed by atoms with E-state index in [4.69, 9.17) is 4.42 Å². The van der Waals surface area contributed by atoms with Gasteiger partial charge in [-0.25, -0.2) is 0 Å². The minimum absolute atomic E-state index is 1.04. The normalized spacial score (nSPS) is 10.8. The molecular weight excluding hydrogens is 198 g/mol. The fourth-order valence-corrected chi connectivity index (χ4v) is 1.78. The van der Waals surface area contributed by atoms with Crippen molar-refractivity contribution < 1.29 is 4.42 Å². The lowest BCUT2D eigenvalue weighted by Crippen LogP contribution is -1.82. The highest BCUT2D eigenvalue weighted by atomic mass is 16.3. The quantitative estimate of drug-likeness (QED) is 0.609. The number of nitrogens with zero attached hydrogens (tertiary/aromatic N) is 1. The van der Waals surface area contributed by atoms with Crippen LogP contribution in [0, 0.1) is 6.92 Å². The molecule has 2 nitrogen and oxygen atoms in total. The van der Waals surface area contributed by atoms with Gasteiger partial charge in [-0.3, -0.25) is 4.98 Å². The monoisotopic (exact) mass is 209 g/mol. The zero-order valence-corrected chi connectivity index (χ0v) is 8.97. The molecule has 0 amide bonds. The molecule has 1 aromatic carbocycles. The fraction of sp³-hybridized carbons (Fsp3) is 0.0714. The van der Waals surface area contributed by atoms with Crippen molar-refractivity contribution in [3.8, 4) is 11.1 Å². The molecular formula is C14H11NO. The second-order valence-corrected chi connectivity index (χ2v) is 3.90. The number of hydrogen-bond acceptors (Lipinski definition) is 2. The highest BCUT2D eigenvalue weighted by Gasteiger charge is 2.01. The number of pyridine rings is 1. The molecule has 2 heterocycles. The number of fused-ring (bicyclic) bond motifs is 1. The van der Waals surface area contributed by atoms with Gasteiger partial charge < -0.3 is 4.42 Å². The third-order valence-electron chi connectivity index (χ3n) is 2.72. The van der Waals surface area contributed by atoms with Crippen LogP contribution in [0.2, 0.25) is 0 Å². The van der Waals surface area contributed by atoms with Gasteiger partial charge >= 0.3 is 0 Å². The Morgan fingerprint density at radius 1 is 0.938 bits per heavy atom. The fourth-order valence-electron chi connectivity index (χ4n) is 1.78. The van der Waals surface area contributed by atoms with E-state index in [1.165, 1.54) is 5.56 Å². The van der Waals surface area contributed by atoms with Gasteiger partial charge in [0.15, 0.2) is 0 Å². The molecule has 0 aliphatic rings. The van der Waals surface area contributed by atoms with Crippen LogP contribution in [0.3, 0.4) is 0 Å². The molecule has 0 N–H and O–H groups in total. The Bertz CT molecular complexity index is 623. The summed E-state index contributed by atoms with van der Waals surface area (Å²) in [7, 11) is 0. The molecule has 0 fully saturated rings. The molecule has 2 aromatic heterocycles. The first-order valence-electron chi connectivity index (χ1n) is 5.22. The molecule has 3 aromatic rings. The van der Waals surface area contributed by atoms with E-state index in [0.717, 1.165) is 22.0 Å². The summed E-state index contributed by atoms with van der Waals surface area (Å²) in [5.41, 5.74) is 3.34. The van der Waals surface area contributed by atoms with Crippen LogP contribution in [0.15, 0.2) is 53.5 Å². The van der Waals surface area contributed by atoms with E-state index in [2.05, 4.69) is 29.2 Å². The van der Waals surface area contributed by atoms with Crippen LogP contribution in [0.5, 0.6) is 0 Å². The van der Waals surface area contributed by atoms with Crippen LogP contribution in [0.25, 0.3) is 21.9 Å². The Balaban J connectivity index is 2.14. The summed E-state index contributed by atoms with van der Waals surface area (Å²) in [5.74, 6) is 0. The second kappa shape index (κ2) is 3.49. The molecule has 0 saturated heterocycles. The number of rotatable bonds is 1. The second-order valence-electron chi connectivity index (χ2n) is 3.90. The van der Waals surface area contributed by atoms with Crippen molar-refractivity contribution in [2.75, 3.05) is 0 Å². The maximum Gasteiger partial charge on any atom is 0.0981 e. The molecule has 0 spiro atoms. The van der Waals surface area contributed by atoms with Gasteiger partial charge in [0.25, 0.3) is 0 Å². The van der Waals surface area contributed by atoms with Gasteiger partial charge in [-0.2, -0.15) is 0 Å². The van der Waals surface area contributed by atoms with Gasteiger partial charge in [0.05, 0.1) is 12.5 Å². The highest BCUT2D eigenvalue weighted by molar-refractivity contribution is 5.86. The third kappa shape index (κ3) is 1.48. The first kappa shape index (κ1) is 9.16. The molecule has 0 bridgehead atoms. The first-order valence-corrected chi connectivity index (χ1v) is 5.22. The summed E-state index contributed by atoms with van der Waals surface area (Å²) in [5, 5.41) is 2.25. The maximum atomic E-state index is 5.16. The van der Waals surface area contributed by atoms with Crippen LogP contribution in [0.1, 0.15) is 5.69 Å². The Morgan fingerprint density at radius 2 is 1.75 bits per heavy atom. The lowest BCUT2D eigenvalue weighted by Gasteiger charge is -2.01. The zero-order chi connectivity index (χ0) is 11.0. The number of benzene rings is 1. The minimum Gasteiger partial charge on any atom is -0.471 e. The van der Waals surface area contributed by atoms with Crippen molar-refractivity contribution >= 4 is 10.8 Å². The third-order valence-corrected chi connectivity index (χ3v) is 2.72. The van der Waals surface area contributed by atoms with Gasteiger partial charge in [-0.05, 0) is 24.6 Å². The number of aryl methyl sites for hydroxylation is 1. The summed E-state index contributed by atoms with van der Waals surface area (Å²) < 4.78 is 5.16. The molecule has 0 unspecified atom stereocenters. The van der Waals surface area contributed by atoms with Crippen molar-refractivity contribution in [3.05, 3.63) is 54.7 Å². The topological polar surface area (TPSA) is 26.0 Å². The lowest BCUT2D eigenvalue weighted by molar-refractivity contribution is 0.572. The van der Waals surface area contributed by atoms with E-state index >= 15 is 0 Å². The summed E-state index contributed by atoms with van der Waals surface area (Å²) in [6.07, 6.45) is 5.42. The van der Waals surface area contributed by atoms with Crippen molar-refractivity contribution in [2.24, 2.45) is 0 Å². The van der Waals surface area contributed by atoms with Crippen LogP contribution >= 0.6 is 0 Å². The molecule has 0 radical (unpaired) electrons. The van der Waals surface area contributed by atoms with Crippen LogP contribution in [-0.4, -0.2) is 4.98 Å². The summed E-state index contributed by atoms with van der Waals surface area (Å²) in [4.78, 5) is 4.30. The molecule has 3 rings (SSSR count). The number of furan rings is 1. The Kier molecular flexibility index (Phi) is 2.00. The predicted octanol–water partition coefficient (Wildman–Crippen LogP) is 3.80. The molecule has 16 heavy (non-hydrogen) atoms. The standard InChI is InChI=1S/C14H11NO/c1-10-2-3-12(7-15-10)11-4-5-13-8-16-9-14(13)6-11/h2-9H,1H3. The largest absolute Gasteiger partial charge is 0.471 e. The van der Waals surface area contributed by atoms with Crippen molar-refractivity contribution in [1.29, 1.82) is 0 Å². The van der Waals surface area contributed by atoms with E-state index in [-0.39, 0.29) is 0 Å². The smallest absolute Gasteiger partial charge is 0.0981 e. The molecule has 0 aliphatic heterocycles. The molecule has 0 saturated carbocycles. The van der Waals surface area contributed by atoms with Gasteiger partial charge in [0.2, 0.25) is 0 Å². The van der Waals surface area contributed by atoms with E-state index in [1.54, 1.807) is 12.5 Å². The Labute approximate surface area is 93.5 Å². The van der Waals surface area contributed by atoms with Gasteiger partial charge in [0.1, 0.15) is 0 Å². The summed E-state index contributed by atoms with van der Waals surface area (Å²) >= 11 is 0. The van der Waals surface area contributed by atoms with Gasteiger partial charge in [-0.1, -0.05) is 18.2 Å². The van der Waals surface area contributed by atoms with E-state index in [9.17, 15) is 0 Å². The van der Waals surface area contributed by atoms with E-state index in [0.29, 0.717) is 0 Å². The Hall–Kier alpha value is -2.09. The zero-order valence-electron chi connectivity index (χ0n) is 8.97. The van der Waals surface area contributed by atoms with Crippen molar-refractivity contribution in [1.82, 2.24) is 4.98 Å². The molecule has 0 atom stereocenters. The SMILES string of the molecule is Cc1ccc(-c2ccc3cocc3c2)cn1. The van der Waals surface area contributed by atoms with Crippen LogP contribution in [-0.2, 0) is 0 Å². The van der Waals surface area contributed by atoms with E-state index in [1.807, 2.05) is 19.2 Å². The summed E-state index contributed by atoms with van der Waals surface area (Å²) in [6.45, 7) is 1.99. The van der Waals surface area contributed by atoms with Crippen molar-refractivity contribution in [2.45, 2.75) is 6.92 Å². The number of aromatic nitrogens is 1. The average Bonchev–Trinajstić information content (AvgIpc) is 2.77. The highest BCUT2D eigenvalue weighted by Crippen LogP contribution is 2.24. The first-order chi connectivity index (χ1) is 7.83. The molecule has 78 valence electrons. The van der Waals surface area contributed by atoms with Crippen LogP contribution < -0.4 is 0 Å². The van der Waals surface area contributed by atoms with Gasteiger partial charge in [0, 0.05) is 28.2 Å².